The second-order valence-electron chi connectivity index (χ2n) is 3.35. The number of phenolic OH excluding ortho intramolecular Hbond substituents is 1. The summed E-state index contributed by atoms with van der Waals surface area (Å²) in [6.45, 7) is 0. The maximum atomic E-state index is 11.0. The number of hydrogen-bond acceptors (Lipinski definition) is 3. The van der Waals surface area contributed by atoms with Crippen molar-refractivity contribution in [3.63, 3.8) is 0 Å². The maximum Gasteiger partial charge on any atom is 0.336 e. The first-order chi connectivity index (χ1) is 7.63. The predicted octanol–water partition coefficient (Wildman–Crippen LogP) is 2.25. The molecule has 2 rings (SSSR count). The summed E-state index contributed by atoms with van der Waals surface area (Å²) in [5.74, 6) is -0.626. The third-order valence-corrected chi connectivity index (χ3v) is 2.39. The zero-order valence-electron chi connectivity index (χ0n) is 8.60. The van der Waals surface area contributed by atoms with Crippen LogP contribution >= 0.6 is 0 Å². The van der Waals surface area contributed by atoms with Gasteiger partial charge >= 0.3 is 5.97 Å². The Morgan fingerprint density at radius 3 is 2.62 bits per heavy atom. The zero-order chi connectivity index (χ0) is 11.7. The molecule has 0 saturated heterocycles. The number of ether oxygens (including phenoxy) is 1. The lowest BCUT2D eigenvalue weighted by molar-refractivity contribution is 0.0698. The van der Waals surface area contributed by atoms with Gasteiger partial charge in [0.2, 0.25) is 0 Å². The van der Waals surface area contributed by atoms with E-state index in [4.69, 9.17) is 9.84 Å². The van der Waals surface area contributed by atoms with Crippen LogP contribution in [0, 0.1) is 0 Å². The van der Waals surface area contributed by atoms with Crippen LogP contribution < -0.4 is 4.74 Å². The number of carboxylic acid groups (broad SMARTS) is 1. The van der Waals surface area contributed by atoms with Crippen LogP contribution in [-0.2, 0) is 0 Å². The number of phenols is 1. The molecule has 4 heteroatoms. The summed E-state index contributed by atoms with van der Waals surface area (Å²) in [5, 5.41) is 19.6. The van der Waals surface area contributed by atoms with Gasteiger partial charge in [-0.3, -0.25) is 0 Å². The van der Waals surface area contributed by atoms with Crippen LogP contribution in [0.5, 0.6) is 11.5 Å². The quantitative estimate of drug-likeness (QED) is 0.811. The van der Waals surface area contributed by atoms with E-state index >= 15 is 0 Å². The van der Waals surface area contributed by atoms with Crippen molar-refractivity contribution in [3.8, 4) is 11.5 Å². The molecular weight excluding hydrogens is 208 g/mol. The lowest BCUT2D eigenvalue weighted by Gasteiger charge is -2.08. The average Bonchev–Trinajstić information content (AvgIpc) is 2.27. The number of carboxylic acids is 1. The number of methoxy groups -OCH3 is 1. The van der Waals surface area contributed by atoms with Gasteiger partial charge in [-0.15, -0.1) is 0 Å². The largest absolute Gasteiger partial charge is 0.508 e. The van der Waals surface area contributed by atoms with Crippen molar-refractivity contribution in [2.45, 2.75) is 0 Å². The number of hydrogen-bond donors (Lipinski definition) is 2. The summed E-state index contributed by atoms with van der Waals surface area (Å²) < 4.78 is 5.11. The fourth-order valence-electron chi connectivity index (χ4n) is 1.70. The van der Waals surface area contributed by atoms with E-state index in [1.165, 1.54) is 19.2 Å². The number of aromatic hydroxyl groups is 1. The molecule has 0 radical (unpaired) electrons. The molecular formula is C12H10O4. The minimum Gasteiger partial charge on any atom is -0.508 e. The minimum absolute atomic E-state index is 0.0638. The van der Waals surface area contributed by atoms with E-state index in [0.717, 1.165) is 0 Å². The molecule has 0 aliphatic rings. The van der Waals surface area contributed by atoms with Crippen molar-refractivity contribution in [2.75, 3.05) is 7.11 Å². The molecule has 82 valence electrons. The highest BCUT2D eigenvalue weighted by molar-refractivity contribution is 6.06. The summed E-state index contributed by atoms with van der Waals surface area (Å²) >= 11 is 0. The molecule has 0 spiro atoms. The van der Waals surface area contributed by atoms with Crippen LogP contribution in [0.1, 0.15) is 10.4 Å². The molecule has 0 aliphatic heterocycles. The number of carbonyl (C=O) groups is 1. The average molecular weight is 218 g/mol. The van der Waals surface area contributed by atoms with Crippen LogP contribution in [0.4, 0.5) is 0 Å². The molecule has 0 amide bonds. The molecule has 0 aliphatic carbocycles. The van der Waals surface area contributed by atoms with E-state index in [0.29, 0.717) is 16.5 Å². The van der Waals surface area contributed by atoms with Gasteiger partial charge in [-0.05, 0) is 18.2 Å². The number of benzene rings is 2. The van der Waals surface area contributed by atoms with Crippen molar-refractivity contribution in [1.82, 2.24) is 0 Å². The van der Waals surface area contributed by atoms with Crippen LogP contribution in [0.25, 0.3) is 10.8 Å². The SMILES string of the molecule is COc1cccc2c(C(=O)O)cc(O)cc12. The van der Waals surface area contributed by atoms with E-state index in [9.17, 15) is 9.90 Å². The predicted molar refractivity (Wildman–Crippen MR) is 59.1 cm³/mol. The summed E-state index contributed by atoms with van der Waals surface area (Å²) in [6.07, 6.45) is 0. The Kier molecular flexibility index (Phi) is 2.40. The third kappa shape index (κ3) is 1.54. The lowest BCUT2D eigenvalue weighted by Crippen LogP contribution is -1.98. The highest BCUT2D eigenvalue weighted by Gasteiger charge is 2.12. The Bertz CT molecular complexity index is 560. The number of rotatable bonds is 2. The highest BCUT2D eigenvalue weighted by atomic mass is 16.5. The van der Waals surface area contributed by atoms with E-state index < -0.39 is 5.97 Å². The summed E-state index contributed by atoms with van der Waals surface area (Å²) in [6, 6.07) is 7.82. The topological polar surface area (TPSA) is 66.8 Å². The van der Waals surface area contributed by atoms with E-state index in [2.05, 4.69) is 0 Å². The molecule has 0 bridgehead atoms. The second-order valence-corrected chi connectivity index (χ2v) is 3.35. The van der Waals surface area contributed by atoms with E-state index in [-0.39, 0.29) is 11.3 Å². The Labute approximate surface area is 91.7 Å². The Hall–Kier alpha value is -2.23. The van der Waals surface area contributed by atoms with Crippen LogP contribution in [0.15, 0.2) is 30.3 Å². The van der Waals surface area contributed by atoms with Gasteiger partial charge in [-0.25, -0.2) is 4.79 Å². The molecule has 16 heavy (non-hydrogen) atoms. The van der Waals surface area contributed by atoms with Crippen molar-refractivity contribution >= 4 is 16.7 Å². The Morgan fingerprint density at radius 1 is 1.25 bits per heavy atom. The molecule has 0 saturated carbocycles. The van der Waals surface area contributed by atoms with E-state index in [1.807, 2.05) is 0 Å². The molecule has 0 fully saturated rings. The Morgan fingerprint density at radius 2 is 2.00 bits per heavy atom. The molecule has 0 heterocycles. The molecule has 0 atom stereocenters. The molecule has 2 N–H and O–H groups in total. The van der Waals surface area contributed by atoms with Crippen LogP contribution in [-0.4, -0.2) is 23.3 Å². The maximum absolute atomic E-state index is 11.0. The van der Waals surface area contributed by atoms with Gasteiger partial charge in [-0.1, -0.05) is 12.1 Å². The van der Waals surface area contributed by atoms with Crippen molar-refractivity contribution in [1.29, 1.82) is 0 Å². The fraction of sp³-hybridized carbons (Fsp3) is 0.0833. The monoisotopic (exact) mass is 218 g/mol. The van der Waals surface area contributed by atoms with Crippen molar-refractivity contribution in [3.05, 3.63) is 35.9 Å². The smallest absolute Gasteiger partial charge is 0.336 e. The molecule has 0 aromatic heterocycles. The first-order valence-corrected chi connectivity index (χ1v) is 4.66. The molecule has 2 aromatic rings. The van der Waals surface area contributed by atoms with E-state index in [1.54, 1.807) is 18.2 Å². The third-order valence-electron chi connectivity index (χ3n) is 2.39. The van der Waals surface area contributed by atoms with Gasteiger partial charge in [0.1, 0.15) is 11.5 Å². The second kappa shape index (κ2) is 3.73. The first kappa shape index (κ1) is 10.3. The Balaban J connectivity index is 2.88. The molecule has 0 unspecified atom stereocenters. The fourth-order valence-corrected chi connectivity index (χ4v) is 1.70. The first-order valence-electron chi connectivity index (χ1n) is 4.66. The number of fused-ring (bicyclic) bond motifs is 1. The van der Waals surface area contributed by atoms with Gasteiger partial charge in [0.25, 0.3) is 0 Å². The summed E-state index contributed by atoms with van der Waals surface area (Å²) in [7, 11) is 1.50. The van der Waals surface area contributed by atoms with Crippen LogP contribution in [0.2, 0.25) is 0 Å². The van der Waals surface area contributed by atoms with Gasteiger partial charge in [0, 0.05) is 10.8 Å². The van der Waals surface area contributed by atoms with Gasteiger partial charge in [0.15, 0.2) is 0 Å². The lowest BCUT2D eigenvalue weighted by atomic mass is 10.0. The van der Waals surface area contributed by atoms with Crippen LogP contribution in [0.3, 0.4) is 0 Å². The zero-order valence-corrected chi connectivity index (χ0v) is 8.60. The summed E-state index contributed by atoms with van der Waals surface area (Å²) in [5.41, 5.74) is 0.0638. The molecule has 2 aromatic carbocycles. The van der Waals surface area contributed by atoms with Gasteiger partial charge < -0.3 is 14.9 Å². The van der Waals surface area contributed by atoms with Gasteiger partial charge in [-0.2, -0.15) is 0 Å². The highest BCUT2D eigenvalue weighted by Crippen LogP contribution is 2.31. The number of aromatic carboxylic acids is 1. The standard InChI is InChI=1S/C12H10O4/c1-16-11-4-2-3-8-9(11)5-7(13)6-10(8)12(14)15/h2-6,13H,1H3,(H,14,15). The molecule has 4 nitrogen and oxygen atoms in total. The van der Waals surface area contributed by atoms with Crippen molar-refractivity contribution < 1.29 is 19.7 Å². The van der Waals surface area contributed by atoms with Crippen molar-refractivity contribution in [2.24, 2.45) is 0 Å². The normalized spacial score (nSPS) is 10.3. The minimum atomic E-state index is -1.07. The summed E-state index contributed by atoms with van der Waals surface area (Å²) in [4.78, 5) is 11.0. The van der Waals surface area contributed by atoms with Gasteiger partial charge in [0.05, 0.1) is 12.7 Å².